The van der Waals surface area contributed by atoms with Crippen molar-refractivity contribution in [2.24, 2.45) is 0 Å². The molecule has 22 rings (SSSR count). The molecule has 522 valence electrons. The highest BCUT2D eigenvalue weighted by atomic mass is 15.1. The van der Waals surface area contributed by atoms with Gasteiger partial charge in [0.2, 0.25) is 0 Å². The molecule has 0 fully saturated rings. The van der Waals surface area contributed by atoms with Crippen LogP contribution in [0.3, 0.4) is 0 Å². The minimum atomic E-state index is 0.581. The zero-order chi connectivity index (χ0) is 73.7. The van der Waals surface area contributed by atoms with Crippen LogP contribution in [0.1, 0.15) is 0 Å². The lowest BCUT2D eigenvalue weighted by Gasteiger charge is -2.13. The predicted octanol–water partition coefficient (Wildman–Crippen LogP) is 25.4. The van der Waals surface area contributed by atoms with Crippen LogP contribution in [0.4, 0.5) is 0 Å². The Morgan fingerprint density at radius 3 is 0.759 bits per heavy atom. The van der Waals surface area contributed by atoms with Crippen LogP contribution in [-0.4, -0.2) is 48.2 Å². The number of para-hydroxylation sites is 5. The van der Waals surface area contributed by atoms with Crippen molar-refractivity contribution >= 4 is 87.2 Å². The van der Waals surface area contributed by atoms with E-state index in [1.807, 2.05) is 78.9 Å². The molecule has 16 aromatic carbocycles. The third-order valence-corrected chi connectivity index (χ3v) is 22.0. The van der Waals surface area contributed by atoms with Gasteiger partial charge in [-0.25, -0.2) is 29.9 Å². The smallest absolute Gasteiger partial charge is 0.164 e. The topological polar surface area (TPSA) is 97.1 Å². The second-order valence-corrected chi connectivity index (χ2v) is 28.6. The van der Waals surface area contributed by atoms with Crippen LogP contribution in [0.25, 0.3) is 212 Å². The second-order valence-electron chi connectivity index (χ2n) is 28.6. The van der Waals surface area contributed by atoms with Gasteiger partial charge in [-0.05, 0) is 155 Å². The molecule has 0 N–H and O–H groups in total. The van der Waals surface area contributed by atoms with Crippen molar-refractivity contribution in [1.82, 2.24) is 48.2 Å². The molecular weight excluding hydrogens is 1370 g/mol. The third kappa shape index (κ3) is 10.9. The first-order chi connectivity index (χ1) is 55.5. The fraction of sp³-hybridized carbons (Fsp3) is 0. The lowest BCUT2D eigenvalue weighted by molar-refractivity contribution is 1.07. The normalized spacial score (nSPS) is 11.8. The van der Waals surface area contributed by atoms with Crippen LogP contribution in [0.2, 0.25) is 0 Å². The van der Waals surface area contributed by atoms with Gasteiger partial charge in [-0.2, -0.15) is 0 Å². The zero-order valence-corrected chi connectivity index (χ0v) is 60.4. The van der Waals surface area contributed by atoms with E-state index in [1.165, 1.54) is 48.9 Å². The van der Waals surface area contributed by atoms with E-state index in [9.17, 15) is 0 Å². The monoisotopic (exact) mass is 1430 g/mol. The largest absolute Gasteiger partial charge is 0.309 e. The van der Waals surface area contributed by atoms with Crippen molar-refractivity contribution in [3.63, 3.8) is 0 Å². The van der Waals surface area contributed by atoms with Gasteiger partial charge in [0.25, 0.3) is 0 Å². The third-order valence-electron chi connectivity index (χ3n) is 22.0. The van der Waals surface area contributed by atoms with E-state index in [0.717, 1.165) is 128 Å². The fourth-order valence-corrected chi connectivity index (χ4v) is 16.8. The average molecular weight is 1430 g/mol. The second kappa shape index (κ2) is 26.3. The minimum absolute atomic E-state index is 0.581. The fourth-order valence-electron chi connectivity index (χ4n) is 16.8. The molecule has 0 saturated carbocycles. The van der Waals surface area contributed by atoms with E-state index in [0.29, 0.717) is 34.9 Å². The first-order valence-electron chi connectivity index (χ1n) is 37.8. The van der Waals surface area contributed by atoms with Gasteiger partial charge < -0.3 is 18.3 Å². The highest BCUT2D eigenvalue weighted by Crippen LogP contribution is 2.43. The maximum absolute atomic E-state index is 5.38. The highest BCUT2D eigenvalue weighted by Gasteiger charge is 2.23. The molecule has 6 aromatic heterocycles. The zero-order valence-electron chi connectivity index (χ0n) is 60.4. The Hall–Kier alpha value is -15.3. The van der Waals surface area contributed by atoms with Crippen LogP contribution in [0.5, 0.6) is 0 Å². The standard InChI is InChI=1S/C102H64N10/c1-5-25-65(26-6-1)97-103-98(66-27-7-2-8-28-66)106-101(105-97)75-34-23-39-79(59-75)111-92-48-20-16-44-84(92)88-63-72(52-56-95(88)111)73-49-53-85-81-41-13-17-45-89(81)112(96(85)64-73)78-38-22-32-69(58-78)68-31-21-33-74(57-68)100-104-99(67-29-9-3-10-30-67)107-102(108-100)76-35-24-40-80(60-76)110-91-47-19-15-43-83(91)87-62-71(51-55-94(87)110)70-50-54-93-86(61-70)82-42-14-18-46-90(82)109(93)77-36-11-4-12-37-77/h1-64H. The van der Waals surface area contributed by atoms with Crippen molar-refractivity contribution in [3.05, 3.63) is 388 Å². The summed E-state index contributed by atoms with van der Waals surface area (Å²) in [6, 6.07) is 138. The van der Waals surface area contributed by atoms with E-state index in [4.69, 9.17) is 29.9 Å². The van der Waals surface area contributed by atoms with Crippen molar-refractivity contribution in [1.29, 1.82) is 0 Å². The summed E-state index contributed by atoms with van der Waals surface area (Å²) in [7, 11) is 0. The summed E-state index contributed by atoms with van der Waals surface area (Å²) in [5.41, 5.74) is 25.3. The van der Waals surface area contributed by atoms with E-state index < -0.39 is 0 Å². The van der Waals surface area contributed by atoms with Gasteiger partial charge in [-0.1, -0.05) is 267 Å². The molecule has 6 heterocycles. The Labute approximate surface area is 644 Å². The summed E-state index contributed by atoms with van der Waals surface area (Å²) in [6.45, 7) is 0. The van der Waals surface area contributed by atoms with Crippen molar-refractivity contribution in [2.75, 3.05) is 0 Å². The molecule has 0 unspecified atom stereocenters. The van der Waals surface area contributed by atoms with Crippen LogP contribution < -0.4 is 0 Å². The number of rotatable bonds is 13. The number of hydrogen-bond acceptors (Lipinski definition) is 6. The first-order valence-corrected chi connectivity index (χ1v) is 37.8. The lowest BCUT2D eigenvalue weighted by Crippen LogP contribution is -2.01. The van der Waals surface area contributed by atoms with Gasteiger partial charge >= 0.3 is 0 Å². The van der Waals surface area contributed by atoms with E-state index >= 15 is 0 Å². The molecule has 0 aliphatic carbocycles. The highest BCUT2D eigenvalue weighted by molar-refractivity contribution is 6.15. The molecule has 0 amide bonds. The Morgan fingerprint density at radius 1 is 0.125 bits per heavy atom. The van der Waals surface area contributed by atoms with E-state index in [2.05, 4.69) is 328 Å². The summed E-state index contributed by atoms with van der Waals surface area (Å²) in [4.78, 5) is 31.1. The molecule has 10 nitrogen and oxygen atoms in total. The SMILES string of the molecule is c1ccc(-c2nc(-c3ccccc3)nc(-c3cccc(-n4c5ccccc5c5cc(-c6ccc7c8ccccc8n(-c8cccc(-c9cccc(-c%10nc(-c%11ccccc%11)nc(-c%11cccc(-n%12c%13ccccc%13c%13cc(-c%14ccc%15c(c%14)c%14ccccc%14n%15-c%14ccccc%14)ccc%13%12)c%11)n%10)c9)c8)c7c6)ccc54)c3)n2)cc1. The lowest BCUT2D eigenvalue weighted by atomic mass is 10.0. The minimum Gasteiger partial charge on any atom is -0.309 e. The quantitative estimate of drug-likeness (QED) is 0.114. The van der Waals surface area contributed by atoms with Gasteiger partial charge in [0, 0.05) is 99.2 Å². The van der Waals surface area contributed by atoms with Crippen LogP contribution >= 0.6 is 0 Å². The summed E-state index contributed by atoms with van der Waals surface area (Å²) in [5.74, 6) is 3.62. The van der Waals surface area contributed by atoms with Gasteiger partial charge in [-0.15, -0.1) is 0 Å². The number of hydrogen-bond donors (Lipinski definition) is 0. The van der Waals surface area contributed by atoms with Crippen molar-refractivity contribution in [2.45, 2.75) is 0 Å². The number of benzene rings is 16. The Bertz CT molecular complexity index is 7440. The Balaban J connectivity index is 0.600. The molecule has 0 atom stereocenters. The van der Waals surface area contributed by atoms with Gasteiger partial charge in [-0.3, -0.25) is 0 Å². The number of nitrogens with zero attached hydrogens (tertiary/aromatic N) is 10. The van der Waals surface area contributed by atoms with E-state index in [-0.39, 0.29) is 0 Å². The maximum atomic E-state index is 5.38. The van der Waals surface area contributed by atoms with Crippen LogP contribution in [0, 0.1) is 0 Å². The van der Waals surface area contributed by atoms with Gasteiger partial charge in [0.15, 0.2) is 34.9 Å². The average Bonchev–Trinajstić information content (AvgIpc) is 1.59. The van der Waals surface area contributed by atoms with Gasteiger partial charge in [0.05, 0.1) is 44.1 Å². The molecule has 0 saturated heterocycles. The summed E-state index contributed by atoms with van der Waals surface area (Å²) < 4.78 is 9.52. The molecule has 0 bridgehead atoms. The molecule has 0 radical (unpaired) electrons. The van der Waals surface area contributed by atoms with Crippen LogP contribution in [0.15, 0.2) is 388 Å². The molecule has 112 heavy (non-hydrogen) atoms. The number of fused-ring (bicyclic) bond motifs is 12. The summed E-state index contributed by atoms with van der Waals surface area (Å²) in [5, 5.41) is 9.50. The Kier molecular flexibility index (Phi) is 15.0. The van der Waals surface area contributed by atoms with Crippen molar-refractivity contribution in [3.8, 4) is 124 Å². The van der Waals surface area contributed by atoms with Gasteiger partial charge in [0.1, 0.15) is 0 Å². The molecule has 10 heteroatoms. The summed E-state index contributed by atoms with van der Waals surface area (Å²) >= 11 is 0. The van der Waals surface area contributed by atoms with Crippen molar-refractivity contribution < 1.29 is 0 Å². The molecular formula is C102H64N10. The van der Waals surface area contributed by atoms with E-state index in [1.54, 1.807) is 0 Å². The number of aromatic nitrogens is 10. The summed E-state index contributed by atoms with van der Waals surface area (Å²) in [6.07, 6.45) is 0. The molecule has 0 aliphatic heterocycles. The Morgan fingerprint density at radius 2 is 0.357 bits per heavy atom. The first kappa shape index (κ1) is 64.0. The molecule has 0 aliphatic rings. The maximum Gasteiger partial charge on any atom is 0.164 e. The molecule has 0 spiro atoms. The predicted molar refractivity (Wildman–Crippen MR) is 459 cm³/mol. The van der Waals surface area contributed by atoms with Crippen LogP contribution in [-0.2, 0) is 0 Å². The molecule has 22 aromatic rings.